The van der Waals surface area contributed by atoms with Crippen LogP contribution in [0.3, 0.4) is 0 Å². The van der Waals surface area contributed by atoms with Crippen molar-refractivity contribution in [3.63, 3.8) is 0 Å². The summed E-state index contributed by atoms with van der Waals surface area (Å²) in [7, 11) is 0. The van der Waals surface area contributed by atoms with Crippen molar-refractivity contribution in [3.8, 4) is 0 Å². The van der Waals surface area contributed by atoms with E-state index in [4.69, 9.17) is 5.11 Å². The molecule has 0 aromatic heterocycles. The Labute approximate surface area is 119 Å². The molecule has 0 heterocycles. The Kier molecular flexibility index (Phi) is 6.95. The molecule has 0 amide bonds. The summed E-state index contributed by atoms with van der Waals surface area (Å²) < 4.78 is 0. The zero-order chi connectivity index (χ0) is 14.3. The number of hydrogen-bond donors (Lipinski definition) is 2. The molecule has 0 saturated carbocycles. The van der Waals surface area contributed by atoms with Gasteiger partial charge in [-0.15, -0.1) is 0 Å². The van der Waals surface area contributed by atoms with Gasteiger partial charge < -0.3 is 10.4 Å². The van der Waals surface area contributed by atoms with Gasteiger partial charge in [0.25, 0.3) is 0 Å². The number of carboxylic acids is 1. The van der Waals surface area contributed by atoms with E-state index in [-0.39, 0.29) is 0 Å². The molecule has 0 fully saturated rings. The fourth-order valence-corrected chi connectivity index (χ4v) is 3.05. The van der Waals surface area contributed by atoms with Gasteiger partial charge in [-0.2, -0.15) is 11.8 Å². The van der Waals surface area contributed by atoms with E-state index in [0.29, 0.717) is 13.0 Å². The van der Waals surface area contributed by atoms with Crippen LogP contribution < -0.4 is 5.32 Å². The first kappa shape index (κ1) is 16.1. The highest BCUT2D eigenvalue weighted by Crippen LogP contribution is 2.17. The minimum atomic E-state index is -0.756. The van der Waals surface area contributed by atoms with Crippen LogP contribution in [0.15, 0.2) is 18.2 Å². The number of benzene rings is 1. The summed E-state index contributed by atoms with van der Waals surface area (Å²) in [5.41, 5.74) is 3.89. The molecule has 0 aliphatic rings. The highest BCUT2D eigenvalue weighted by atomic mass is 32.2. The van der Waals surface area contributed by atoms with Crippen LogP contribution in [0.25, 0.3) is 0 Å². The van der Waals surface area contributed by atoms with Crippen molar-refractivity contribution < 1.29 is 9.90 Å². The summed E-state index contributed by atoms with van der Waals surface area (Å²) in [5.74, 6) is 1.05. The monoisotopic (exact) mass is 281 g/mol. The molecule has 0 aliphatic carbocycles. The molecule has 19 heavy (non-hydrogen) atoms. The first-order valence-corrected chi connectivity index (χ1v) is 7.79. The topological polar surface area (TPSA) is 49.3 Å². The van der Waals surface area contributed by atoms with E-state index in [1.807, 2.05) is 6.92 Å². The highest BCUT2D eigenvalue weighted by Gasteiger charge is 2.14. The van der Waals surface area contributed by atoms with Crippen molar-refractivity contribution in [2.24, 2.45) is 0 Å². The maximum atomic E-state index is 11.0. The lowest BCUT2D eigenvalue weighted by Crippen LogP contribution is -2.36. The number of carbonyl (C=O) groups is 1. The van der Waals surface area contributed by atoms with Crippen molar-refractivity contribution >= 4 is 17.7 Å². The molecular formula is C15H23NO2S. The Hall–Kier alpha value is -1.00. The summed E-state index contributed by atoms with van der Waals surface area (Å²) in [5, 5.41) is 12.0. The lowest BCUT2D eigenvalue weighted by molar-refractivity contribution is -0.139. The Morgan fingerprint density at radius 2 is 1.95 bits per heavy atom. The van der Waals surface area contributed by atoms with Crippen molar-refractivity contribution in [1.82, 2.24) is 5.32 Å². The van der Waals surface area contributed by atoms with Gasteiger partial charge in [-0.25, -0.2) is 0 Å². The van der Waals surface area contributed by atoms with Crippen molar-refractivity contribution in [3.05, 3.63) is 34.9 Å². The molecular weight excluding hydrogens is 258 g/mol. The van der Waals surface area contributed by atoms with Gasteiger partial charge in [-0.3, -0.25) is 4.79 Å². The summed E-state index contributed by atoms with van der Waals surface area (Å²) in [6, 6.07) is 6.13. The van der Waals surface area contributed by atoms with E-state index in [0.717, 1.165) is 11.5 Å². The summed E-state index contributed by atoms with van der Waals surface area (Å²) in [4.78, 5) is 11.0. The Balaban J connectivity index is 2.35. The zero-order valence-electron chi connectivity index (χ0n) is 11.9. The van der Waals surface area contributed by atoms with E-state index < -0.39 is 12.0 Å². The number of thioether (sulfide) groups is 1. The number of rotatable bonds is 8. The number of aliphatic carboxylic acids is 1. The van der Waals surface area contributed by atoms with Crippen LogP contribution in [0.5, 0.6) is 0 Å². The maximum Gasteiger partial charge on any atom is 0.320 e. The van der Waals surface area contributed by atoms with Crippen LogP contribution in [0.4, 0.5) is 0 Å². The fraction of sp³-hybridized carbons (Fsp3) is 0.533. The van der Waals surface area contributed by atoms with Gasteiger partial charge in [-0.05, 0) is 38.1 Å². The number of aryl methyl sites for hydroxylation is 2. The lowest BCUT2D eigenvalue weighted by atomic mass is 10.1. The first-order valence-electron chi connectivity index (χ1n) is 6.64. The summed E-state index contributed by atoms with van der Waals surface area (Å²) in [6.45, 7) is 6.83. The Morgan fingerprint density at radius 3 is 2.47 bits per heavy atom. The van der Waals surface area contributed by atoms with Crippen LogP contribution in [-0.2, 0) is 10.5 Å². The van der Waals surface area contributed by atoms with Gasteiger partial charge in [-0.1, -0.05) is 36.2 Å². The predicted molar refractivity (Wildman–Crippen MR) is 81.8 cm³/mol. The van der Waals surface area contributed by atoms with Gasteiger partial charge in [0.05, 0.1) is 0 Å². The van der Waals surface area contributed by atoms with Gasteiger partial charge in [0.1, 0.15) is 6.04 Å². The minimum absolute atomic E-state index is 0.420. The highest BCUT2D eigenvalue weighted by molar-refractivity contribution is 7.98. The third-order valence-corrected chi connectivity index (χ3v) is 3.91. The molecule has 1 rings (SSSR count). The molecule has 0 radical (unpaired) electrons. The van der Waals surface area contributed by atoms with Crippen molar-refractivity contribution in [2.75, 3.05) is 12.3 Å². The first-order chi connectivity index (χ1) is 9.02. The molecule has 2 N–H and O–H groups in total. The number of carboxylic acid groups (broad SMARTS) is 1. The van der Waals surface area contributed by atoms with Crippen LogP contribution in [0.1, 0.15) is 30.0 Å². The molecule has 3 nitrogen and oxygen atoms in total. The molecule has 0 spiro atoms. The van der Waals surface area contributed by atoms with E-state index in [9.17, 15) is 4.79 Å². The second kappa shape index (κ2) is 8.23. The minimum Gasteiger partial charge on any atom is -0.480 e. The summed E-state index contributed by atoms with van der Waals surface area (Å²) >= 11 is 1.79. The van der Waals surface area contributed by atoms with Gasteiger partial charge in [0.15, 0.2) is 0 Å². The molecule has 0 saturated heterocycles. The molecule has 1 unspecified atom stereocenters. The number of hydrogen-bond acceptors (Lipinski definition) is 3. The standard InChI is InChI=1S/C15H23NO2S/c1-4-16-14(15(17)18)5-6-19-10-13-8-11(2)7-12(3)9-13/h7-9,14,16H,4-6,10H2,1-3H3,(H,17,18). The molecule has 106 valence electrons. The quantitative estimate of drug-likeness (QED) is 0.719. The van der Waals surface area contributed by atoms with Crippen LogP contribution in [-0.4, -0.2) is 29.4 Å². The van der Waals surface area contributed by atoms with Crippen molar-refractivity contribution in [2.45, 2.75) is 39.0 Å². The third kappa shape index (κ3) is 6.12. The molecule has 1 atom stereocenters. The fourth-order valence-electron chi connectivity index (χ4n) is 2.10. The zero-order valence-corrected chi connectivity index (χ0v) is 12.7. The molecule has 4 heteroatoms. The van der Waals surface area contributed by atoms with E-state index in [2.05, 4.69) is 37.4 Å². The average molecular weight is 281 g/mol. The smallest absolute Gasteiger partial charge is 0.320 e. The van der Waals surface area contributed by atoms with Crippen molar-refractivity contribution in [1.29, 1.82) is 0 Å². The second-order valence-corrected chi connectivity index (χ2v) is 5.89. The van der Waals surface area contributed by atoms with Crippen LogP contribution >= 0.6 is 11.8 Å². The van der Waals surface area contributed by atoms with Gasteiger partial charge >= 0.3 is 5.97 Å². The maximum absolute atomic E-state index is 11.0. The Morgan fingerprint density at radius 1 is 1.32 bits per heavy atom. The largest absolute Gasteiger partial charge is 0.480 e. The Bertz CT molecular complexity index is 400. The average Bonchev–Trinajstić information content (AvgIpc) is 2.31. The summed E-state index contributed by atoms with van der Waals surface area (Å²) in [6.07, 6.45) is 0.665. The number of nitrogens with one attached hydrogen (secondary N) is 1. The van der Waals surface area contributed by atoms with E-state index in [1.54, 1.807) is 11.8 Å². The number of likely N-dealkylation sites (N-methyl/N-ethyl adjacent to an activating group) is 1. The second-order valence-electron chi connectivity index (χ2n) is 4.79. The lowest BCUT2D eigenvalue weighted by Gasteiger charge is -2.12. The molecule has 0 aliphatic heterocycles. The SMILES string of the molecule is CCNC(CCSCc1cc(C)cc(C)c1)C(=O)O. The van der Waals surface area contributed by atoms with Gasteiger partial charge in [0, 0.05) is 5.75 Å². The molecule has 1 aromatic rings. The molecule has 0 bridgehead atoms. The van der Waals surface area contributed by atoms with E-state index >= 15 is 0 Å². The van der Waals surface area contributed by atoms with Crippen LogP contribution in [0, 0.1) is 13.8 Å². The van der Waals surface area contributed by atoms with Gasteiger partial charge in [0.2, 0.25) is 0 Å². The molecule has 1 aromatic carbocycles. The third-order valence-electron chi connectivity index (χ3n) is 2.85. The van der Waals surface area contributed by atoms with Crippen LogP contribution in [0.2, 0.25) is 0 Å². The normalized spacial score (nSPS) is 12.4. The predicted octanol–water partition coefficient (Wildman–Crippen LogP) is 2.99. The van der Waals surface area contributed by atoms with E-state index in [1.165, 1.54) is 16.7 Å².